The number of aromatic nitrogens is 2. The second kappa shape index (κ2) is 8.25. The highest BCUT2D eigenvalue weighted by molar-refractivity contribution is 7.89. The molecule has 0 saturated carbocycles. The Balaban J connectivity index is 1.52. The minimum absolute atomic E-state index is 0.00739. The van der Waals surface area contributed by atoms with Crippen LogP contribution >= 0.6 is 0 Å². The summed E-state index contributed by atoms with van der Waals surface area (Å²) in [6, 6.07) is 17.5. The van der Waals surface area contributed by atoms with Gasteiger partial charge in [-0.15, -0.1) is 10.2 Å². The predicted molar refractivity (Wildman–Crippen MR) is 99.9 cm³/mol. The van der Waals surface area contributed by atoms with Crippen LogP contribution in [0.5, 0.6) is 0 Å². The Labute approximate surface area is 153 Å². The predicted octanol–water partition coefficient (Wildman–Crippen LogP) is 3.10. The van der Waals surface area contributed by atoms with Crippen LogP contribution in [0.2, 0.25) is 0 Å². The molecule has 0 unspecified atom stereocenters. The molecule has 0 aliphatic heterocycles. The van der Waals surface area contributed by atoms with Gasteiger partial charge in [0.15, 0.2) is 0 Å². The highest BCUT2D eigenvalue weighted by atomic mass is 32.2. The fourth-order valence-electron chi connectivity index (χ4n) is 2.60. The van der Waals surface area contributed by atoms with Gasteiger partial charge in [-0.2, -0.15) is 0 Å². The number of nitrogens with one attached hydrogen (secondary N) is 1. The van der Waals surface area contributed by atoms with Gasteiger partial charge in [0.1, 0.15) is 0 Å². The molecular weight excluding hydrogens is 350 g/mol. The van der Waals surface area contributed by atoms with E-state index in [1.54, 1.807) is 0 Å². The lowest BCUT2D eigenvalue weighted by Gasteiger charge is -2.05. The lowest BCUT2D eigenvalue weighted by Crippen LogP contribution is -2.26. The minimum atomic E-state index is -3.39. The van der Waals surface area contributed by atoms with Crippen LogP contribution in [0.4, 0.5) is 0 Å². The molecule has 0 radical (unpaired) electrons. The standard InChI is InChI=1S/C19H21N3O3S/c1-15-8-5-6-12-17(15)19-22-21-18(25-19)14-20-26(23,24)13-7-11-16-9-3-2-4-10-16/h2-6,8-10,12,20H,7,11,13-14H2,1H3. The Morgan fingerprint density at radius 3 is 2.50 bits per heavy atom. The largest absolute Gasteiger partial charge is 0.419 e. The van der Waals surface area contributed by atoms with Crippen LogP contribution in [-0.2, 0) is 23.0 Å². The van der Waals surface area contributed by atoms with Crippen LogP contribution in [0.15, 0.2) is 59.0 Å². The third-order valence-corrected chi connectivity index (χ3v) is 5.42. The molecule has 0 fully saturated rings. The summed E-state index contributed by atoms with van der Waals surface area (Å²) in [4.78, 5) is 0. The van der Waals surface area contributed by atoms with Gasteiger partial charge in [0.05, 0.1) is 12.3 Å². The van der Waals surface area contributed by atoms with Crippen molar-refractivity contribution in [1.29, 1.82) is 0 Å². The molecule has 136 valence electrons. The zero-order valence-corrected chi connectivity index (χ0v) is 15.4. The van der Waals surface area contributed by atoms with E-state index in [-0.39, 0.29) is 18.2 Å². The van der Waals surface area contributed by atoms with Gasteiger partial charge < -0.3 is 4.42 Å². The molecular formula is C19H21N3O3S. The van der Waals surface area contributed by atoms with E-state index in [0.717, 1.165) is 23.1 Å². The van der Waals surface area contributed by atoms with E-state index in [9.17, 15) is 8.42 Å². The van der Waals surface area contributed by atoms with Crippen molar-refractivity contribution < 1.29 is 12.8 Å². The summed E-state index contributed by atoms with van der Waals surface area (Å²) in [5.41, 5.74) is 2.99. The van der Waals surface area contributed by atoms with E-state index < -0.39 is 10.0 Å². The normalized spacial score (nSPS) is 11.6. The number of hydrogen-bond acceptors (Lipinski definition) is 5. The van der Waals surface area contributed by atoms with Crippen molar-refractivity contribution in [2.75, 3.05) is 5.75 Å². The van der Waals surface area contributed by atoms with Gasteiger partial charge >= 0.3 is 0 Å². The topological polar surface area (TPSA) is 85.1 Å². The summed E-state index contributed by atoms with van der Waals surface area (Å²) in [5.74, 6) is 0.692. The number of sulfonamides is 1. The summed E-state index contributed by atoms with van der Waals surface area (Å²) in [7, 11) is -3.39. The summed E-state index contributed by atoms with van der Waals surface area (Å²) in [6.45, 7) is 1.95. The number of rotatable bonds is 8. The highest BCUT2D eigenvalue weighted by Crippen LogP contribution is 2.21. The van der Waals surface area contributed by atoms with E-state index in [2.05, 4.69) is 14.9 Å². The average Bonchev–Trinajstić information content (AvgIpc) is 3.10. The van der Waals surface area contributed by atoms with Crippen molar-refractivity contribution in [3.8, 4) is 11.5 Å². The van der Waals surface area contributed by atoms with Gasteiger partial charge in [-0.05, 0) is 37.0 Å². The maximum Gasteiger partial charge on any atom is 0.248 e. The van der Waals surface area contributed by atoms with Gasteiger partial charge in [0.2, 0.25) is 21.8 Å². The van der Waals surface area contributed by atoms with E-state index in [0.29, 0.717) is 12.3 Å². The minimum Gasteiger partial charge on any atom is -0.419 e. The first-order valence-corrected chi connectivity index (χ1v) is 10.1. The van der Waals surface area contributed by atoms with Crippen LogP contribution in [-0.4, -0.2) is 24.4 Å². The number of aryl methyl sites for hydroxylation is 2. The Morgan fingerprint density at radius 1 is 1.00 bits per heavy atom. The monoisotopic (exact) mass is 371 g/mol. The zero-order chi connectivity index (χ0) is 18.4. The molecule has 0 atom stereocenters. The molecule has 3 rings (SSSR count). The summed E-state index contributed by atoms with van der Waals surface area (Å²) >= 11 is 0. The molecule has 0 amide bonds. The van der Waals surface area contributed by atoms with Gasteiger partial charge in [-0.3, -0.25) is 0 Å². The fraction of sp³-hybridized carbons (Fsp3) is 0.263. The van der Waals surface area contributed by atoms with Gasteiger partial charge in [-0.1, -0.05) is 48.5 Å². The van der Waals surface area contributed by atoms with E-state index >= 15 is 0 Å². The Morgan fingerprint density at radius 2 is 1.73 bits per heavy atom. The second-order valence-corrected chi connectivity index (χ2v) is 7.97. The summed E-state index contributed by atoms with van der Waals surface area (Å²) < 4.78 is 32.3. The van der Waals surface area contributed by atoms with Gasteiger partial charge in [0, 0.05) is 5.56 Å². The van der Waals surface area contributed by atoms with Crippen LogP contribution in [0, 0.1) is 6.92 Å². The van der Waals surface area contributed by atoms with Crippen LogP contribution in [0.1, 0.15) is 23.4 Å². The molecule has 6 nitrogen and oxygen atoms in total. The molecule has 0 spiro atoms. The first kappa shape index (κ1) is 18.3. The van der Waals surface area contributed by atoms with Crippen molar-refractivity contribution in [2.24, 2.45) is 0 Å². The molecule has 26 heavy (non-hydrogen) atoms. The van der Waals surface area contributed by atoms with E-state index in [1.807, 2.05) is 61.5 Å². The summed E-state index contributed by atoms with van der Waals surface area (Å²) in [5, 5.41) is 7.92. The lowest BCUT2D eigenvalue weighted by molar-refractivity contribution is 0.493. The van der Waals surface area contributed by atoms with E-state index in [1.165, 1.54) is 0 Å². The smallest absolute Gasteiger partial charge is 0.248 e. The molecule has 1 heterocycles. The van der Waals surface area contributed by atoms with Crippen molar-refractivity contribution in [2.45, 2.75) is 26.3 Å². The molecule has 2 aromatic carbocycles. The SMILES string of the molecule is Cc1ccccc1-c1nnc(CNS(=O)(=O)CCCc2ccccc2)o1. The molecule has 3 aromatic rings. The fourth-order valence-corrected chi connectivity index (χ4v) is 3.61. The molecule has 1 N–H and O–H groups in total. The molecule has 0 aliphatic rings. The van der Waals surface area contributed by atoms with Crippen LogP contribution < -0.4 is 4.72 Å². The van der Waals surface area contributed by atoms with Crippen LogP contribution in [0.25, 0.3) is 11.5 Å². The van der Waals surface area contributed by atoms with Gasteiger partial charge in [0.25, 0.3) is 0 Å². The molecule has 0 aliphatic carbocycles. The third kappa shape index (κ3) is 5.00. The molecule has 1 aromatic heterocycles. The van der Waals surface area contributed by atoms with Crippen molar-refractivity contribution in [3.05, 3.63) is 71.6 Å². The van der Waals surface area contributed by atoms with Crippen molar-refractivity contribution >= 4 is 10.0 Å². The quantitative estimate of drug-likeness (QED) is 0.658. The number of hydrogen-bond donors (Lipinski definition) is 1. The zero-order valence-electron chi connectivity index (χ0n) is 14.6. The highest BCUT2D eigenvalue weighted by Gasteiger charge is 2.14. The van der Waals surface area contributed by atoms with E-state index in [4.69, 9.17) is 4.42 Å². The first-order valence-electron chi connectivity index (χ1n) is 8.43. The maximum atomic E-state index is 12.1. The lowest BCUT2D eigenvalue weighted by atomic mass is 10.1. The molecule has 7 heteroatoms. The number of benzene rings is 2. The average molecular weight is 371 g/mol. The maximum absolute atomic E-state index is 12.1. The van der Waals surface area contributed by atoms with Crippen LogP contribution in [0.3, 0.4) is 0 Å². The first-order chi connectivity index (χ1) is 12.5. The Hall–Kier alpha value is -2.51. The van der Waals surface area contributed by atoms with Crippen molar-refractivity contribution in [3.63, 3.8) is 0 Å². The Bertz CT molecular complexity index is 953. The Kier molecular flexibility index (Phi) is 5.80. The molecule has 0 saturated heterocycles. The summed E-state index contributed by atoms with van der Waals surface area (Å²) in [6.07, 6.45) is 1.28. The third-order valence-electron chi connectivity index (χ3n) is 4.01. The van der Waals surface area contributed by atoms with Gasteiger partial charge in [-0.25, -0.2) is 13.1 Å². The second-order valence-electron chi connectivity index (χ2n) is 6.05. The van der Waals surface area contributed by atoms with Crippen molar-refractivity contribution in [1.82, 2.24) is 14.9 Å². The number of nitrogens with zero attached hydrogens (tertiary/aromatic N) is 2. The molecule has 0 bridgehead atoms.